The highest BCUT2D eigenvalue weighted by Crippen LogP contribution is 2.11. The fourth-order valence-corrected chi connectivity index (χ4v) is 1.45. The fourth-order valence-electron chi connectivity index (χ4n) is 0.687. The molecule has 0 bridgehead atoms. The van der Waals surface area contributed by atoms with Crippen molar-refractivity contribution < 1.29 is 8.42 Å². The zero-order chi connectivity index (χ0) is 8.48. The first-order valence-corrected chi connectivity index (χ1v) is 5.27. The van der Waals surface area contributed by atoms with E-state index in [0.717, 1.165) is 0 Å². The quantitative estimate of drug-likeness (QED) is 0.670. The Kier molecular flexibility index (Phi) is 2.15. The highest BCUT2D eigenvalue weighted by molar-refractivity contribution is 7.90. The van der Waals surface area contributed by atoms with Crippen molar-refractivity contribution in [1.82, 2.24) is 0 Å². The van der Waals surface area contributed by atoms with E-state index in [0.29, 0.717) is 9.79 Å². The summed E-state index contributed by atoms with van der Waals surface area (Å²) in [5.74, 6) is 0. The Labute approximate surface area is 71.6 Å². The van der Waals surface area contributed by atoms with Gasteiger partial charge in [-0.2, -0.15) is 0 Å². The van der Waals surface area contributed by atoms with E-state index >= 15 is 0 Å². The summed E-state index contributed by atoms with van der Waals surface area (Å²) in [6.07, 6.45) is 1.17. The smallest absolute Gasteiger partial charge is 0.175 e. The molecule has 0 atom stereocenters. The summed E-state index contributed by atoms with van der Waals surface area (Å²) in [4.78, 5) is 0.962. The predicted molar refractivity (Wildman–Crippen MR) is 45.4 cm³/mol. The fraction of sp³-hybridized carbons (Fsp3) is 0.143. The molecular formula is C7H7O2S2. The third-order valence-corrected chi connectivity index (χ3v) is 2.65. The number of hydrogen-bond acceptors (Lipinski definition) is 2. The van der Waals surface area contributed by atoms with Gasteiger partial charge in [0.1, 0.15) is 0 Å². The molecule has 0 aliphatic rings. The molecule has 0 spiro atoms. The highest BCUT2D eigenvalue weighted by Gasteiger charge is 2.04. The molecule has 0 amide bonds. The van der Waals surface area contributed by atoms with Crippen LogP contribution in [0.25, 0.3) is 0 Å². The van der Waals surface area contributed by atoms with E-state index in [1.807, 2.05) is 0 Å². The third-order valence-electron chi connectivity index (χ3n) is 1.25. The minimum Gasteiger partial charge on any atom is -0.224 e. The molecule has 0 saturated carbocycles. The number of rotatable bonds is 1. The largest absolute Gasteiger partial charge is 0.224 e. The third kappa shape index (κ3) is 2.17. The van der Waals surface area contributed by atoms with Crippen LogP contribution in [0.1, 0.15) is 0 Å². The van der Waals surface area contributed by atoms with Gasteiger partial charge in [0.25, 0.3) is 0 Å². The highest BCUT2D eigenvalue weighted by atomic mass is 32.2. The van der Waals surface area contributed by atoms with Gasteiger partial charge in [-0.3, -0.25) is 0 Å². The van der Waals surface area contributed by atoms with E-state index in [-0.39, 0.29) is 0 Å². The first-order chi connectivity index (χ1) is 5.00. The van der Waals surface area contributed by atoms with Crippen LogP contribution in [0.15, 0.2) is 34.1 Å². The Morgan fingerprint density at radius 2 is 1.64 bits per heavy atom. The van der Waals surface area contributed by atoms with E-state index in [1.54, 1.807) is 12.1 Å². The van der Waals surface area contributed by atoms with E-state index in [4.69, 9.17) is 12.6 Å². The summed E-state index contributed by atoms with van der Waals surface area (Å²) in [6.45, 7) is 0. The zero-order valence-corrected chi connectivity index (χ0v) is 7.58. The van der Waals surface area contributed by atoms with Crippen molar-refractivity contribution in [3.8, 4) is 0 Å². The second-order valence-electron chi connectivity index (χ2n) is 2.24. The molecule has 1 rings (SSSR count). The first-order valence-electron chi connectivity index (χ1n) is 2.97. The molecule has 0 aliphatic carbocycles. The van der Waals surface area contributed by atoms with Gasteiger partial charge in [0.05, 0.1) is 4.90 Å². The van der Waals surface area contributed by atoms with Gasteiger partial charge in [-0.25, -0.2) is 8.42 Å². The Balaban J connectivity index is 3.20. The summed E-state index contributed by atoms with van der Waals surface area (Å²) in [6, 6.07) is 6.23. The van der Waals surface area contributed by atoms with Gasteiger partial charge in [-0.15, -0.1) is 0 Å². The molecule has 2 nitrogen and oxygen atoms in total. The van der Waals surface area contributed by atoms with Crippen LogP contribution in [0, 0.1) is 0 Å². The average Bonchev–Trinajstić information content (AvgIpc) is 1.86. The normalized spacial score (nSPS) is 11.4. The van der Waals surface area contributed by atoms with Crippen molar-refractivity contribution in [2.45, 2.75) is 9.79 Å². The summed E-state index contributed by atoms with van der Waals surface area (Å²) in [7, 11) is -3.07. The van der Waals surface area contributed by atoms with Crippen molar-refractivity contribution in [2.75, 3.05) is 6.26 Å². The van der Waals surface area contributed by atoms with Crippen LogP contribution in [0.3, 0.4) is 0 Å². The molecule has 0 fully saturated rings. The Morgan fingerprint density at radius 3 is 2.00 bits per heavy atom. The van der Waals surface area contributed by atoms with Crippen LogP contribution < -0.4 is 0 Å². The molecule has 0 saturated heterocycles. The van der Waals surface area contributed by atoms with E-state index in [9.17, 15) is 8.42 Å². The average molecular weight is 187 g/mol. The molecule has 1 aromatic rings. The van der Waals surface area contributed by atoms with Crippen LogP contribution >= 0.6 is 12.6 Å². The minimum absolute atomic E-state index is 0.311. The zero-order valence-electron chi connectivity index (χ0n) is 5.94. The topological polar surface area (TPSA) is 34.1 Å². The van der Waals surface area contributed by atoms with Gasteiger partial charge >= 0.3 is 0 Å². The van der Waals surface area contributed by atoms with Gasteiger partial charge < -0.3 is 0 Å². The van der Waals surface area contributed by atoms with Crippen LogP contribution in [-0.2, 0) is 9.84 Å². The summed E-state index contributed by atoms with van der Waals surface area (Å²) in [5.41, 5.74) is 0. The summed E-state index contributed by atoms with van der Waals surface area (Å²) < 4.78 is 21.8. The maximum Gasteiger partial charge on any atom is 0.175 e. The molecule has 59 valence electrons. The maximum atomic E-state index is 10.9. The van der Waals surface area contributed by atoms with Crippen LogP contribution in [-0.4, -0.2) is 14.7 Å². The van der Waals surface area contributed by atoms with Crippen LogP contribution in [0.2, 0.25) is 0 Å². The van der Waals surface area contributed by atoms with Gasteiger partial charge in [-0.1, -0.05) is 12.6 Å². The molecule has 0 unspecified atom stereocenters. The molecule has 0 N–H and O–H groups in total. The van der Waals surface area contributed by atoms with Crippen LogP contribution in [0.4, 0.5) is 0 Å². The van der Waals surface area contributed by atoms with Gasteiger partial charge in [0.15, 0.2) is 9.84 Å². The molecule has 11 heavy (non-hydrogen) atoms. The van der Waals surface area contributed by atoms with Crippen LogP contribution in [0.5, 0.6) is 0 Å². The Bertz CT molecular complexity index is 337. The second kappa shape index (κ2) is 2.79. The van der Waals surface area contributed by atoms with Crippen molar-refractivity contribution in [3.63, 3.8) is 0 Å². The molecule has 1 aromatic carbocycles. The van der Waals surface area contributed by atoms with E-state index in [2.05, 4.69) is 0 Å². The first kappa shape index (κ1) is 8.49. The molecule has 0 aliphatic heterocycles. The molecular weight excluding hydrogens is 180 g/mol. The standard InChI is InChI=1S/C7H7O2S2/c1-11(8,9)7-4-2-6(10)3-5-7/h2-5H,1H3. The Morgan fingerprint density at radius 1 is 1.18 bits per heavy atom. The maximum absolute atomic E-state index is 10.9. The van der Waals surface area contributed by atoms with Gasteiger partial charge in [-0.05, 0) is 24.3 Å². The molecule has 0 aromatic heterocycles. The van der Waals surface area contributed by atoms with Gasteiger partial charge in [0.2, 0.25) is 0 Å². The summed E-state index contributed by atoms with van der Waals surface area (Å²) in [5, 5.41) is 0. The number of benzene rings is 1. The van der Waals surface area contributed by atoms with Crippen molar-refractivity contribution >= 4 is 22.5 Å². The molecule has 0 heterocycles. The van der Waals surface area contributed by atoms with Gasteiger partial charge in [0, 0.05) is 11.2 Å². The minimum atomic E-state index is -3.07. The van der Waals surface area contributed by atoms with Crippen molar-refractivity contribution in [2.24, 2.45) is 0 Å². The number of hydrogen-bond donors (Lipinski definition) is 0. The Hall–Kier alpha value is -0.610. The SMILES string of the molecule is CS(=O)(=O)c1ccc([S])cc1. The lowest BCUT2D eigenvalue weighted by molar-refractivity contribution is 0.602. The number of sulfone groups is 1. The second-order valence-corrected chi connectivity index (χ2v) is 4.73. The molecule has 4 heteroatoms. The lowest BCUT2D eigenvalue weighted by atomic mass is 10.4. The van der Waals surface area contributed by atoms with E-state index < -0.39 is 9.84 Å². The van der Waals surface area contributed by atoms with Crippen molar-refractivity contribution in [3.05, 3.63) is 24.3 Å². The monoisotopic (exact) mass is 187 g/mol. The van der Waals surface area contributed by atoms with Crippen molar-refractivity contribution in [1.29, 1.82) is 0 Å². The predicted octanol–water partition coefficient (Wildman–Crippen LogP) is 1.65. The lowest BCUT2D eigenvalue weighted by Crippen LogP contribution is -1.95. The molecule has 1 radical (unpaired) electrons. The lowest BCUT2D eigenvalue weighted by Gasteiger charge is -1.95. The van der Waals surface area contributed by atoms with E-state index in [1.165, 1.54) is 18.4 Å². The summed E-state index contributed by atoms with van der Waals surface area (Å²) >= 11 is 4.80.